The number of aliphatic carboxylic acids is 1. The lowest BCUT2D eigenvalue weighted by Crippen LogP contribution is -2.26. The fourth-order valence-corrected chi connectivity index (χ4v) is 1.14. The van der Waals surface area contributed by atoms with E-state index in [4.69, 9.17) is 5.11 Å². The summed E-state index contributed by atoms with van der Waals surface area (Å²) >= 11 is 0. The van der Waals surface area contributed by atoms with Crippen LogP contribution in [0.15, 0.2) is 6.33 Å². The lowest BCUT2D eigenvalue weighted by molar-refractivity contribution is -0.611. The number of imidazole rings is 1. The Morgan fingerprint density at radius 3 is 2.54 bits per heavy atom. The van der Waals surface area contributed by atoms with Crippen LogP contribution in [-0.4, -0.2) is 15.6 Å². The topological polar surface area (TPSA) is 69.2 Å². The predicted molar refractivity (Wildman–Crippen MR) is 45.2 cm³/mol. The van der Waals surface area contributed by atoms with E-state index < -0.39 is 12.0 Å². The Morgan fingerprint density at radius 1 is 1.69 bits per heavy atom. The normalized spacial score (nSPS) is 12.8. The van der Waals surface area contributed by atoms with Crippen molar-refractivity contribution >= 4 is 5.97 Å². The fraction of sp³-hybridized carbons (Fsp3) is 0.500. The number of nitrogens with zero attached hydrogens (tertiary/aromatic N) is 2. The minimum atomic E-state index is -0.946. The van der Waals surface area contributed by atoms with Gasteiger partial charge in [0.1, 0.15) is 11.4 Å². The van der Waals surface area contributed by atoms with Crippen LogP contribution in [0.1, 0.15) is 24.4 Å². The van der Waals surface area contributed by atoms with Crippen LogP contribution >= 0.6 is 0 Å². The van der Waals surface area contributed by atoms with E-state index in [1.165, 1.54) is 17.8 Å². The summed E-state index contributed by atoms with van der Waals surface area (Å²) in [5.74, 6) is -0.946. The molecule has 0 aliphatic rings. The van der Waals surface area contributed by atoms with E-state index in [1.807, 2.05) is 0 Å². The first kappa shape index (κ1) is 9.57. The molecule has 0 fully saturated rings. The molecular formula is C8H12N2O3. The number of carboxylic acid groups (broad SMARTS) is 1. The van der Waals surface area contributed by atoms with E-state index in [-0.39, 0.29) is 0 Å². The third-order valence-corrected chi connectivity index (χ3v) is 2.25. The Balaban J connectivity index is 3.15. The summed E-state index contributed by atoms with van der Waals surface area (Å²) in [4.78, 5) is 10.6. The molecule has 1 N–H and O–H groups in total. The molecule has 1 atom stereocenters. The van der Waals surface area contributed by atoms with Gasteiger partial charge in [0.05, 0.1) is 0 Å². The van der Waals surface area contributed by atoms with E-state index >= 15 is 0 Å². The summed E-state index contributed by atoms with van der Waals surface area (Å²) in [5.41, 5.74) is 1.22. The Morgan fingerprint density at radius 2 is 2.23 bits per heavy atom. The number of aromatic nitrogens is 2. The molecule has 0 aliphatic heterocycles. The molecule has 0 spiro atoms. The molecule has 0 unspecified atom stereocenters. The molecular weight excluding hydrogens is 172 g/mol. The average Bonchev–Trinajstić information content (AvgIpc) is 2.31. The van der Waals surface area contributed by atoms with Crippen molar-refractivity contribution in [2.75, 3.05) is 0 Å². The first-order chi connectivity index (χ1) is 5.95. The molecule has 1 heterocycles. The van der Waals surface area contributed by atoms with Gasteiger partial charge in [-0.1, -0.05) is 0 Å². The Kier molecular flexibility index (Phi) is 2.27. The Labute approximate surface area is 75.8 Å². The molecule has 0 radical (unpaired) electrons. The van der Waals surface area contributed by atoms with Crippen molar-refractivity contribution < 1.29 is 14.6 Å². The smallest absolute Gasteiger partial charge is 0.349 e. The first-order valence-corrected chi connectivity index (χ1v) is 3.95. The van der Waals surface area contributed by atoms with E-state index in [0.29, 0.717) is 16.1 Å². The van der Waals surface area contributed by atoms with Gasteiger partial charge < -0.3 is 10.3 Å². The van der Waals surface area contributed by atoms with Gasteiger partial charge in [-0.2, -0.15) is 0 Å². The molecule has 1 rings (SSSR count). The summed E-state index contributed by atoms with van der Waals surface area (Å²) in [7, 11) is 0. The molecule has 0 amide bonds. The van der Waals surface area contributed by atoms with Crippen LogP contribution in [0.3, 0.4) is 0 Å². The van der Waals surface area contributed by atoms with Gasteiger partial charge in [-0.15, -0.1) is 0 Å². The first-order valence-electron chi connectivity index (χ1n) is 3.95. The summed E-state index contributed by atoms with van der Waals surface area (Å²) in [6.45, 7) is 4.92. The highest BCUT2D eigenvalue weighted by molar-refractivity contribution is 5.71. The predicted octanol–water partition coefficient (Wildman–Crippen LogP) is 0.384. The standard InChI is InChI=1S/C8H12N2O3/c1-5-6(2)10(13)4-9(5)7(3)8(11)12/h4,7H,1-3H3,(H,11,12)/t7-/m0/s1. The van der Waals surface area contributed by atoms with Crippen molar-refractivity contribution in [3.05, 3.63) is 22.9 Å². The number of rotatable bonds is 2. The highest BCUT2D eigenvalue weighted by Crippen LogP contribution is 2.10. The summed E-state index contributed by atoms with van der Waals surface area (Å²) in [6.07, 6.45) is 1.25. The fourth-order valence-electron chi connectivity index (χ4n) is 1.14. The SMILES string of the molecule is Cc1c(C)[n+]([O-])cn1[C@@H](C)C(=O)O. The summed E-state index contributed by atoms with van der Waals surface area (Å²) < 4.78 is 2.12. The maximum atomic E-state index is 11.1. The van der Waals surface area contributed by atoms with Crippen molar-refractivity contribution in [1.82, 2.24) is 4.57 Å². The van der Waals surface area contributed by atoms with Crippen molar-refractivity contribution in [1.29, 1.82) is 0 Å². The second-order valence-electron chi connectivity index (χ2n) is 3.03. The Bertz CT molecular complexity index is 343. The van der Waals surface area contributed by atoms with Crippen LogP contribution in [-0.2, 0) is 4.79 Å². The molecule has 0 aliphatic carbocycles. The number of hydrogen-bond donors (Lipinski definition) is 1. The monoisotopic (exact) mass is 184 g/mol. The second kappa shape index (κ2) is 3.08. The van der Waals surface area contributed by atoms with Crippen molar-refractivity contribution in [3.8, 4) is 0 Å². The zero-order valence-corrected chi connectivity index (χ0v) is 7.81. The van der Waals surface area contributed by atoms with Crippen LogP contribution in [0.4, 0.5) is 0 Å². The number of carbonyl (C=O) groups is 1. The number of hydrogen-bond acceptors (Lipinski definition) is 2. The maximum Gasteiger partial charge on any atom is 0.349 e. The van der Waals surface area contributed by atoms with E-state index in [0.717, 1.165) is 0 Å². The zero-order valence-electron chi connectivity index (χ0n) is 7.81. The maximum absolute atomic E-state index is 11.1. The molecule has 0 bridgehead atoms. The summed E-state index contributed by atoms with van der Waals surface area (Å²) in [5, 5.41) is 19.8. The van der Waals surface area contributed by atoms with E-state index in [2.05, 4.69) is 0 Å². The van der Waals surface area contributed by atoms with Gasteiger partial charge in [-0.05, 0) is 6.92 Å². The third kappa shape index (κ3) is 1.49. The summed E-state index contributed by atoms with van der Waals surface area (Å²) in [6, 6.07) is -0.700. The number of carboxylic acids is 1. The van der Waals surface area contributed by atoms with Gasteiger partial charge in [-0.25, -0.2) is 14.1 Å². The van der Waals surface area contributed by atoms with Crippen molar-refractivity contribution in [2.45, 2.75) is 26.8 Å². The molecule has 0 saturated heterocycles. The van der Waals surface area contributed by atoms with Crippen LogP contribution in [0, 0.1) is 19.1 Å². The van der Waals surface area contributed by atoms with Crippen LogP contribution in [0.25, 0.3) is 0 Å². The minimum absolute atomic E-state index is 0.535. The Hall–Kier alpha value is -1.52. The van der Waals surface area contributed by atoms with E-state index in [1.54, 1.807) is 13.8 Å². The molecule has 0 saturated carbocycles. The van der Waals surface area contributed by atoms with Gasteiger partial charge in [0.25, 0.3) is 0 Å². The van der Waals surface area contributed by atoms with Crippen LogP contribution in [0.5, 0.6) is 0 Å². The molecule has 1 aromatic heterocycles. The molecule has 72 valence electrons. The van der Waals surface area contributed by atoms with Crippen LogP contribution in [0.2, 0.25) is 0 Å². The second-order valence-corrected chi connectivity index (χ2v) is 3.03. The third-order valence-electron chi connectivity index (χ3n) is 2.25. The van der Waals surface area contributed by atoms with Crippen molar-refractivity contribution in [3.63, 3.8) is 0 Å². The highest BCUT2D eigenvalue weighted by Gasteiger charge is 2.23. The van der Waals surface area contributed by atoms with Crippen LogP contribution < -0.4 is 4.73 Å². The van der Waals surface area contributed by atoms with Gasteiger partial charge in [0.2, 0.25) is 6.33 Å². The lowest BCUT2D eigenvalue weighted by Gasteiger charge is -2.02. The average molecular weight is 184 g/mol. The van der Waals surface area contributed by atoms with Gasteiger partial charge in [0, 0.05) is 13.8 Å². The molecule has 1 aromatic rings. The van der Waals surface area contributed by atoms with E-state index in [9.17, 15) is 10.0 Å². The van der Waals surface area contributed by atoms with Gasteiger partial charge in [-0.3, -0.25) is 0 Å². The molecule has 13 heavy (non-hydrogen) atoms. The molecule has 5 nitrogen and oxygen atoms in total. The van der Waals surface area contributed by atoms with Gasteiger partial charge in [0.15, 0.2) is 6.04 Å². The van der Waals surface area contributed by atoms with Crippen molar-refractivity contribution in [2.24, 2.45) is 0 Å². The van der Waals surface area contributed by atoms with Gasteiger partial charge >= 0.3 is 5.97 Å². The molecule has 0 aromatic carbocycles. The highest BCUT2D eigenvalue weighted by atomic mass is 16.5. The lowest BCUT2D eigenvalue weighted by atomic mass is 10.3. The largest absolute Gasteiger partial charge is 0.711 e. The minimum Gasteiger partial charge on any atom is -0.711 e. The zero-order chi connectivity index (χ0) is 10.2. The quantitative estimate of drug-likeness (QED) is 0.533. The molecule has 5 heteroatoms.